The SMILES string of the molecule is CSC(C)CNS(=O)(=O)c1cc(F)c(Cl)c(CO)c1. The molecule has 1 atom stereocenters. The molecule has 0 heterocycles. The Morgan fingerprint density at radius 3 is 2.68 bits per heavy atom. The van der Waals surface area contributed by atoms with Gasteiger partial charge in [-0.1, -0.05) is 18.5 Å². The minimum atomic E-state index is -3.81. The first kappa shape index (κ1) is 16.7. The van der Waals surface area contributed by atoms with E-state index in [0.717, 1.165) is 12.1 Å². The Hall–Kier alpha value is -0.340. The molecule has 0 saturated carbocycles. The lowest BCUT2D eigenvalue weighted by Gasteiger charge is -2.12. The molecule has 0 aliphatic carbocycles. The molecule has 1 aromatic carbocycles. The number of hydrogen-bond acceptors (Lipinski definition) is 4. The zero-order valence-corrected chi connectivity index (χ0v) is 12.9. The van der Waals surface area contributed by atoms with Gasteiger partial charge in [-0.15, -0.1) is 0 Å². The van der Waals surface area contributed by atoms with E-state index in [1.807, 2.05) is 13.2 Å². The monoisotopic (exact) mass is 327 g/mol. The summed E-state index contributed by atoms with van der Waals surface area (Å²) in [5, 5.41) is 8.86. The van der Waals surface area contributed by atoms with Crippen molar-refractivity contribution >= 4 is 33.4 Å². The molecule has 19 heavy (non-hydrogen) atoms. The van der Waals surface area contributed by atoms with Crippen molar-refractivity contribution in [2.45, 2.75) is 23.7 Å². The van der Waals surface area contributed by atoms with Crippen molar-refractivity contribution in [1.29, 1.82) is 0 Å². The summed E-state index contributed by atoms with van der Waals surface area (Å²) < 4.78 is 39.8. The summed E-state index contributed by atoms with van der Waals surface area (Å²) in [6.45, 7) is 1.58. The molecule has 1 unspecified atom stereocenters. The summed E-state index contributed by atoms with van der Waals surface area (Å²) in [4.78, 5) is -0.244. The summed E-state index contributed by atoms with van der Waals surface area (Å²) in [6, 6.07) is 2.01. The molecule has 2 N–H and O–H groups in total. The lowest BCUT2D eigenvalue weighted by Crippen LogP contribution is -2.29. The van der Waals surface area contributed by atoms with E-state index in [2.05, 4.69) is 4.72 Å². The summed E-state index contributed by atoms with van der Waals surface area (Å²) in [5.74, 6) is -0.869. The molecule has 4 nitrogen and oxygen atoms in total. The second kappa shape index (κ2) is 6.90. The first-order valence-electron chi connectivity index (χ1n) is 5.43. The molecule has 0 saturated heterocycles. The van der Waals surface area contributed by atoms with Crippen LogP contribution in [-0.2, 0) is 16.6 Å². The average molecular weight is 328 g/mol. The number of hydrogen-bond donors (Lipinski definition) is 2. The van der Waals surface area contributed by atoms with E-state index >= 15 is 0 Å². The molecule has 0 bridgehead atoms. The van der Waals surface area contributed by atoms with Gasteiger partial charge in [0.15, 0.2) is 0 Å². The molecular weight excluding hydrogens is 313 g/mol. The largest absolute Gasteiger partial charge is 0.392 e. The van der Waals surface area contributed by atoms with Gasteiger partial charge in [-0.25, -0.2) is 17.5 Å². The van der Waals surface area contributed by atoms with Crippen LogP contribution in [0.4, 0.5) is 4.39 Å². The molecule has 8 heteroatoms. The molecule has 0 aliphatic heterocycles. The lowest BCUT2D eigenvalue weighted by atomic mass is 10.2. The fourth-order valence-electron chi connectivity index (χ4n) is 1.28. The number of aliphatic hydroxyl groups excluding tert-OH is 1. The predicted molar refractivity (Wildman–Crippen MR) is 75.5 cm³/mol. The van der Waals surface area contributed by atoms with Crippen LogP contribution in [0.25, 0.3) is 0 Å². The number of benzene rings is 1. The second-order valence-electron chi connectivity index (χ2n) is 3.93. The van der Waals surface area contributed by atoms with Gasteiger partial charge < -0.3 is 5.11 Å². The Kier molecular flexibility index (Phi) is 6.07. The second-order valence-corrected chi connectivity index (χ2v) is 7.36. The highest BCUT2D eigenvalue weighted by Crippen LogP contribution is 2.24. The first-order valence-corrected chi connectivity index (χ1v) is 8.58. The van der Waals surface area contributed by atoms with Gasteiger partial charge in [-0.3, -0.25) is 0 Å². The number of nitrogens with one attached hydrogen (secondary N) is 1. The van der Waals surface area contributed by atoms with Crippen LogP contribution in [0.3, 0.4) is 0 Å². The van der Waals surface area contributed by atoms with E-state index < -0.39 is 22.4 Å². The van der Waals surface area contributed by atoms with Crippen molar-refractivity contribution in [3.63, 3.8) is 0 Å². The highest BCUT2D eigenvalue weighted by molar-refractivity contribution is 7.99. The van der Waals surface area contributed by atoms with Gasteiger partial charge in [-0.2, -0.15) is 11.8 Å². The summed E-state index contributed by atoms with van der Waals surface area (Å²) in [6.07, 6.45) is 1.87. The molecule has 1 rings (SSSR count). The zero-order valence-electron chi connectivity index (χ0n) is 10.5. The average Bonchev–Trinajstić information content (AvgIpc) is 2.38. The Labute approximate surface area is 121 Å². The Morgan fingerprint density at radius 2 is 2.16 bits per heavy atom. The van der Waals surface area contributed by atoms with Gasteiger partial charge in [0, 0.05) is 17.4 Å². The van der Waals surface area contributed by atoms with Crippen LogP contribution < -0.4 is 4.72 Å². The molecule has 108 valence electrons. The van der Waals surface area contributed by atoms with Gasteiger partial charge >= 0.3 is 0 Å². The number of sulfonamides is 1. The summed E-state index contributed by atoms with van der Waals surface area (Å²) >= 11 is 7.12. The summed E-state index contributed by atoms with van der Waals surface area (Å²) in [7, 11) is -3.81. The number of rotatable bonds is 6. The fourth-order valence-corrected chi connectivity index (χ4v) is 3.00. The van der Waals surface area contributed by atoms with Crippen molar-refractivity contribution < 1.29 is 17.9 Å². The zero-order chi connectivity index (χ0) is 14.6. The molecular formula is C11H15ClFNO3S2. The van der Waals surface area contributed by atoms with Crippen LogP contribution in [0.1, 0.15) is 12.5 Å². The van der Waals surface area contributed by atoms with Crippen LogP contribution in [0.2, 0.25) is 5.02 Å². The highest BCUT2D eigenvalue weighted by atomic mass is 35.5. The van der Waals surface area contributed by atoms with Crippen molar-refractivity contribution in [3.8, 4) is 0 Å². The minimum Gasteiger partial charge on any atom is -0.392 e. The van der Waals surface area contributed by atoms with Crippen LogP contribution in [0.5, 0.6) is 0 Å². The van der Waals surface area contributed by atoms with Crippen LogP contribution in [0.15, 0.2) is 17.0 Å². The number of halogens is 2. The molecule has 0 amide bonds. The van der Waals surface area contributed by atoms with E-state index in [-0.39, 0.29) is 27.3 Å². The molecule has 0 aliphatic rings. The first-order chi connectivity index (χ1) is 8.81. The third-order valence-electron chi connectivity index (χ3n) is 2.52. The van der Waals surface area contributed by atoms with Crippen molar-refractivity contribution in [2.24, 2.45) is 0 Å². The predicted octanol–water partition coefficient (Wildman–Crippen LogP) is 2.00. The summed E-state index contributed by atoms with van der Waals surface area (Å²) in [5.41, 5.74) is 0.0416. The number of aliphatic hydroxyl groups is 1. The van der Waals surface area contributed by atoms with Crippen LogP contribution >= 0.6 is 23.4 Å². The Morgan fingerprint density at radius 1 is 1.53 bits per heavy atom. The maximum Gasteiger partial charge on any atom is 0.240 e. The Bertz CT molecular complexity index is 551. The molecule has 0 fully saturated rings. The lowest BCUT2D eigenvalue weighted by molar-refractivity contribution is 0.281. The van der Waals surface area contributed by atoms with Crippen molar-refractivity contribution in [2.75, 3.05) is 12.8 Å². The molecule has 0 spiro atoms. The highest BCUT2D eigenvalue weighted by Gasteiger charge is 2.19. The quantitative estimate of drug-likeness (QED) is 0.838. The van der Waals surface area contributed by atoms with Crippen LogP contribution in [0, 0.1) is 5.82 Å². The third kappa shape index (κ3) is 4.32. The maximum absolute atomic E-state index is 13.5. The van der Waals surface area contributed by atoms with Crippen molar-refractivity contribution in [1.82, 2.24) is 4.72 Å². The van der Waals surface area contributed by atoms with Gasteiger partial charge in [0.2, 0.25) is 10.0 Å². The van der Waals surface area contributed by atoms with Gasteiger partial charge in [-0.05, 0) is 18.4 Å². The molecule has 0 aromatic heterocycles. The van der Waals surface area contributed by atoms with Gasteiger partial charge in [0.05, 0.1) is 16.5 Å². The third-order valence-corrected chi connectivity index (χ3v) is 5.32. The van der Waals surface area contributed by atoms with E-state index in [9.17, 15) is 12.8 Å². The normalized spacial score (nSPS) is 13.5. The smallest absolute Gasteiger partial charge is 0.240 e. The fraction of sp³-hybridized carbons (Fsp3) is 0.455. The number of thioether (sulfide) groups is 1. The van der Waals surface area contributed by atoms with E-state index in [0.29, 0.717) is 0 Å². The maximum atomic E-state index is 13.5. The van der Waals surface area contributed by atoms with E-state index in [1.165, 1.54) is 11.8 Å². The van der Waals surface area contributed by atoms with E-state index in [4.69, 9.17) is 16.7 Å². The van der Waals surface area contributed by atoms with Gasteiger partial charge in [0.25, 0.3) is 0 Å². The standard InChI is InChI=1S/C11H15ClFNO3S2/c1-7(18-2)5-14-19(16,17)9-3-8(6-15)11(12)10(13)4-9/h3-4,7,14-15H,5-6H2,1-2H3. The van der Waals surface area contributed by atoms with Gasteiger partial charge in [0.1, 0.15) is 5.82 Å². The molecule has 1 aromatic rings. The minimum absolute atomic E-state index is 0.0416. The topological polar surface area (TPSA) is 66.4 Å². The van der Waals surface area contributed by atoms with Crippen molar-refractivity contribution in [3.05, 3.63) is 28.5 Å². The van der Waals surface area contributed by atoms with E-state index in [1.54, 1.807) is 0 Å². The molecule has 0 radical (unpaired) electrons. The Balaban J connectivity index is 3.05. The van der Waals surface area contributed by atoms with Crippen LogP contribution in [-0.4, -0.2) is 31.6 Å².